The molecule has 3 nitrogen and oxygen atoms in total. The zero-order valence-electron chi connectivity index (χ0n) is 11.0. The van der Waals surface area contributed by atoms with Crippen molar-refractivity contribution in [2.24, 2.45) is 0 Å². The summed E-state index contributed by atoms with van der Waals surface area (Å²) in [4.78, 5) is 16.0. The van der Waals surface area contributed by atoms with Gasteiger partial charge in [-0.1, -0.05) is 0 Å². The van der Waals surface area contributed by atoms with E-state index in [0.717, 1.165) is 23.1 Å². The molecule has 0 aliphatic heterocycles. The van der Waals surface area contributed by atoms with Gasteiger partial charge in [0.25, 0.3) is 0 Å². The molecule has 0 radical (unpaired) electrons. The lowest BCUT2D eigenvalue weighted by atomic mass is 9.97. The minimum Gasteiger partial charge on any atom is -0.496 e. The quantitative estimate of drug-likeness (QED) is 0.795. The van der Waals surface area contributed by atoms with Crippen molar-refractivity contribution >= 4 is 5.78 Å². The van der Waals surface area contributed by atoms with Crippen LogP contribution >= 0.6 is 0 Å². The molecule has 2 rings (SSSR count). The van der Waals surface area contributed by atoms with Gasteiger partial charge in [0.2, 0.25) is 0 Å². The van der Waals surface area contributed by atoms with E-state index in [9.17, 15) is 9.18 Å². The van der Waals surface area contributed by atoms with Gasteiger partial charge in [0.1, 0.15) is 11.6 Å². The molecule has 0 saturated heterocycles. The summed E-state index contributed by atoms with van der Waals surface area (Å²) in [5, 5.41) is 0. The third kappa shape index (κ3) is 2.62. The van der Waals surface area contributed by atoms with Gasteiger partial charge in [-0.3, -0.25) is 9.78 Å². The maximum atomic E-state index is 13.1. The second-order valence-electron chi connectivity index (χ2n) is 4.36. The minimum absolute atomic E-state index is 0.241. The Morgan fingerprint density at radius 3 is 2.53 bits per heavy atom. The van der Waals surface area contributed by atoms with Crippen molar-refractivity contribution in [3.05, 3.63) is 58.7 Å². The molecule has 0 amide bonds. The molecule has 19 heavy (non-hydrogen) atoms. The molecule has 0 aliphatic rings. The number of rotatable bonds is 3. The van der Waals surface area contributed by atoms with Gasteiger partial charge in [-0.2, -0.15) is 0 Å². The van der Waals surface area contributed by atoms with Crippen LogP contribution in [0.2, 0.25) is 0 Å². The van der Waals surface area contributed by atoms with Crippen LogP contribution in [0.4, 0.5) is 4.39 Å². The monoisotopic (exact) mass is 259 g/mol. The van der Waals surface area contributed by atoms with E-state index in [2.05, 4.69) is 4.98 Å². The Balaban J connectivity index is 2.47. The average Bonchev–Trinajstić information content (AvgIpc) is 2.40. The van der Waals surface area contributed by atoms with E-state index in [1.165, 1.54) is 12.3 Å². The first kappa shape index (κ1) is 13.2. The average molecular weight is 259 g/mol. The van der Waals surface area contributed by atoms with E-state index in [0.29, 0.717) is 5.56 Å². The van der Waals surface area contributed by atoms with Crippen molar-refractivity contribution in [2.75, 3.05) is 7.11 Å². The minimum atomic E-state index is -0.520. The van der Waals surface area contributed by atoms with Crippen LogP contribution in [0.1, 0.15) is 27.0 Å². The lowest BCUT2D eigenvalue weighted by Gasteiger charge is -2.10. The van der Waals surface area contributed by atoms with E-state index >= 15 is 0 Å². The Morgan fingerprint density at radius 1 is 1.16 bits per heavy atom. The third-order valence-electron chi connectivity index (χ3n) is 2.95. The first-order valence-electron chi connectivity index (χ1n) is 5.83. The number of carbonyl (C=O) groups is 1. The summed E-state index contributed by atoms with van der Waals surface area (Å²) in [5.41, 5.74) is 2.43. The Hall–Kier alpha value is -2.23. The molecule has 0 fully saturated rings. The molecule has 1 heterocycles. The van der Waals surface area contributed by atoms with Gasteiger partial charge in [0, 0.05) is 17.3 Å². The van der Waals surface area contributed by atoms with E-state index in [4.69, 9.17) is 4.74 Å². The number of ketones is 1. The Kier molecular flexibility index (Phi) is 3.60. The largest absolute Gasteiger partial charge is 0.496 e. The summed E-state index contributed by atoms with van der Waals surface area (Å²) in [6.45, 7) is 3.68. The predicted molar refractivity (Wildman–Crippen MR) is 70.1 cm³/mol. The summed E-state index contributed by atoms with van der Waals surface area (Å²) < 4.78 is 18.3. The van der Waals surface area contributed by atoms with Crippen LogP contribution in [0.3, 0.4) is 0 Å². The number of aromatic nitrogens is 1. The summed E-state index contributed by atoms with van der Waals surface area (Å²) in [6.07, 6.45) is 2.44. The topological polar surface area (TPSA) is 39.2 Å². The molecule has 0 bridgehead atoms. The first-order valence-corrected chi connectivity index (χ1v) is 5.83. The number of methoxy groups -OCH3 is 1. The van der Waals surface area contributed by atoms with Gasteiger partial charge in [-0.25, -0.2) is 4.39 Å². The molecular formula is C15H14FNO2. The number of halogens is 1. The maximum absolute atomic E-state index is 13.1. The summed E-state index contributed by atoms with van der Waals surface area (Å²) in [7, 11) is 1.58. The number of pyridine rings is 1. The first-order chi connectivity index (χ1) is 9.02. The fourth-order valence-corrected chi connectivity index (χ4v) is 1.95. The van der Waals surface area contributed by atoms with Crippen LogP contribution in [0.25, 0.3) is 0 Å². The Morgan fingerprint density at radius 2 is 1.89 bits per heavy atom. The number of nitrogens with zero attached hydrogens (tertiary/aromatic N) is 1. The fourth-order valence-electron chi connectivity index (χ4n) is 1.95. The van der Waals surface area contributed by atoms with E-state index in [-0.39, 0.29) is 11.3 Å². The summed E-state index contributed by atoms with van der Waals surface area (Å²) in [5.74, 6) is -0.0320. The lowest BCUT2D eigenvalue weighted by Crippen LogP contribution is -2.06. The molecule has 0 aliphatic carbocycles. The lowest BCUT2D eigenvalue weighted by molar-refractivity contribution is 0.103. The normalized spacial score (nSPS) is 10.3. The molecule has 98 valence electrons. The molecule has 0 spiro atoms. The van der Waals surface area contributed by atoms with Crippen molar-refractivity contribution < 1.29 is 13.9 Å². The number of ether oxygens (including phenoxy) is 1. The highest BCUT2D eigenvalue weighted by Gasteiger charge is 2.15. The fraction of sp³-hybridized carbons (Fsp3) is 0.200. The molecule has 0 unspecified atom stereocenters. The van der Waals surface area contributed by atoms with Crippen LogP contribution in [-0.2, 0) is 0 Å². The number of hydrogen-bond acceptors (Lipinski definition) is 3. The number of hydrogen-bond donors (Lipinski definition) is 0. The van der Waals surface area contributed by atoms with Gasteiger partial charge >= 0.3 is 0 Å². The molecule has 0 atom stereocenters. The van der Waals surface area contributed by atoms with E-state index in [1.54, 1.807) is 19.2 Å². The smallest absolute Gasteiger partial charge is 0.194 e. The van der Waals surface area contributed by atoms with Crippen LogP contribution < -0.4 is 4.74 Å². The predicted octanol–water partition coefficient (Wildman–Crippen LogP) is 3.08. The zero-order valence-corrected chi connectivity index (χ0v) is 11.0. The maximum Gasteiger partial charge on any atom is 0.194 e. The standard InChI is InChI=1S/C15H14FNO2/c1-9-5-14(19-3)10(2)4-13(9)15(18)11-6-12(16)8-17-7-11/h4-8H,1-3H3. The molecule has 0 saturated carbocycles. The molecule has 1 aromatic carbocycles. The second kappa shape index (κ2) is 5.18. The molecule has 0 N–H and O–H groups in total. The summed E-state index contributed by atoms with van der Waals surface area (Å²) >= 11 is 0. The van der Waals surface area contributed by atoms with Crippen molar-refractivity contribution in [1.82, 2.24) is 4.98 Å². The van der Waals surface area contributed by atoms with Crippen LogP contribution in [0, 0.1) is 19.7 Å². The van der Waals surface area contributed by atoms with Crippen molar-refractivity contribution in [1.29, 1.82) is 0 Å². The van der Waals surface area contributed by atoms with Crippen LogP contribution in [0.15, 0.2) is 30.6 Å². The van der Waals surface area contributed by atoms with Gasteiger partial charge in [-0.05, 0) is 43.2 Å². The number of benzene rings is 1. The number of aryl methyl sites for hydroxylation is 2. The number of carbonyl (C=O) groups excluding carboxylic acids is 1. The highest BCUT2D eigenvalue weighted by atomic mass is 19.1. The molecule has 4 heteroatoms. The van der Waals surface area contributed by atoms with E-state index in [1.807, 2.05) is 13.8 Å². The SMILES string of the molecule is COc1cc(C)c(C(=O)c2cncc(F)c2)cc1C. The Labute approximate surface area is 111 Å². The highest BCUT2D eigenvalue weighted by Crippen LogP contribution is 2.24. The van der Waals surface area contributed by atoms with E-state index < -0.39 is 5.82 Å². The second-order valence-corrected chi connectivity index (χ2v) is 4.36. The van der Waals surface area contributed by atoms with Gasteiger partial charge < -0.3 is 4.74 Å². The van der Waals surface area contributed by atoms with Gasteiger partial charge in [-0.15, -0.1) is 0 Å². The van der Waals surface area contributed by atoms with Gasteiger partial charge in [0.05, 0.1) is 13.3 Å². The highest BCUT2D eigenvalue weighted by molar-refractivity contribution is 6.09. The molecule has 1 aromatic heterocycles. The van der Waals surface area contributed by atoms with Gasteiger partial charge in [0.15, 0.2) is 5.78 Å². The van der Waals surface area contributed by atoms with Crippen LogP contribution in [0.5, 0.6) is 5.75 Å². The molecular weight excluding hydrogens is 245 g/mol. The van der Waals surface area contributed by atoms with Crippen LogP contribution in [-0.4, -0.2) is 17.9 Å². The third-order valence-corrected chi connectivity index (χ3v) is 2.95. The van der Waals surface area contributed by atoms with Crippen molar-refractivity contribution in [3.8, 4) is 5.75 Å². The summed E-state index contributed by atoms with van der Waals surface area (Å²) in [6, 6.07) is 4.74. The van der Waals surface area contributed by atoms with Crippen molar-refractivity contribution in [2.45, 2.75) is 13.8 Å². The zero-order chi connectivity index (χ0) is 14.0. The molecule has 2 aromatic rings. The Bertz CT molecular complexity index is 638. The van der Waals surface area contributed by atoms with Crippen molar-refractivity contribution in [3.63, 3.8) is 0 Å².